The standard InChI is InChI=1S/C48H31N3O2/c52-47-45-42(34-20-9-3-10-21-34)43(35-22-11-4-12-23-35)46-48(53)50(39-27-14-25-37(31-39)33-18-7-2-8-19-33)41-29-15-28-40(44(41)51(45)46)49(47)38-26-13-24-36(30-38)32-16-5-1-6-17-32/h1-31H. The molecule has 0 amide bonds. The Balaban J connectivity index is 1.41. The molecule has 0 saturated carbocycles. The van der Waals surface area contributed by atoms with Crippen molar-refractivity contribution in [2.24, 2.45) is 0 Å². The van der Waals surface area contributed by atoms with Crippen LogP contribution in [-0.2, 0) is 0 Å². The van der Waals surface area contributed by atoms with Crippen molar-refractivity contribution >= 4 is 27.6 Å². The molecule has 7 aromatic carbocycles. The molecule has 0 aliphatic carbocycles. The largest absolute Gasteiger partial charge is 0.295 e. The Kier molecular flexibility index (Phi) is 7.05. The van der Waals surface area contributed by atoms with Crippen molar-refractivity contribution in [2.45, 2.75) is 0 Å². The summed E-state index contributed by atoms with van der Waals surface area (Å²) in [5.41, 5.74) is 11.5. The first-order chi connectivity index (χ1) is 26.2. The number of hydrogen-bond donors (Lipinski definition) is 0. The van der Waals surface area contributed by atoms with Crippen molar-refractivity contribution in [1.29, 1.82) is 0 Å². The van der Waals surface area contributed by atoms with Crippen LogP contribution in [0.2, 0.25) is 0 Å². The van der Waals surface area contributed by atoms with Gasteiger partial charge < -0.3 is 0 Å². The second kappa shape index (κ2) is 12.2. The monoisotopic (exact) mass is 681 g/mol. The van der Waals surface area contributed by atoms with E-state index in [9.17, 15) is 0 Å². The molecule has 0 N–H and O–H groups in total. The second-order valence-electron chi connectivity index (χ2n) is 13.3. The zero-order valence-electron chi connectivity index (χ0n) is 28.6. The van der Waals surface area contributed by atoms with Crippen molar-refractivity contribution in [2.75, 3.05) is 0 Å². The van der Waals surface area contributed by atoms with Gasteiger partial charge in [0.05, 0.1) is 16.6 Å². The van der Waals surface area contributed by atoms with Crippen LogP contribution < -0.4 is 11.1 Å². The summed E-state index contributed by atoms with van der Waals surface area (Å²) in [7, 11) is 0. The summed E-state index contributed by atoms with van der Waals surface area (Å²) >= 11 is 0. The van der Waals surface area contributed by atoms with Crippen LogP contribution in [0.4, 0.5) is 0 Å². The van der Waals surface area contributed by atoms with E-state index < -0.39 is 0 Å². The van der Waals surface area contributed by atoms with Gasteiger partial charge in [-0.05, 0) is 69.8 Å². The minimum Gasteiger partial charge on any atom is -0.295 e. The Morgan fingerprint density at radius 2 is 0.642 bits per heavy atom. The molecule has 0 unspecified atom stereocenters. The fraction of sp³-hybridized carbons (Fsp3) is 0. The molecular weight excluding hydrogens is 651 g/mol. The summed E-state index contributed by atoms with van der Waals surface area (Å²) in [6.45, 7) is 0. The van der Waals surface area contributed by atoms with Gasteiger partial charge in [-0.25, -0.2) is 0 Å². The lowest BCUT2D eigenvalue weighted by Gasteiger charge is -2.19. The van der Waals surface area contributed by atoms with E-state index in [0.717, 1.165) is 61.4 Å². The number of hydrogen-bond acceptors (Lipinski definition) is 2. The Hall–Kier alpha value is -7.24. The fourth-order valence-corrected chi connectivity index (χ4v) is 7.94. The summed E-state index contributed by atoms with van der Waals surface area (Å²) in [4.78, 5) is 30.8. The molecule has 0 bridgehead atoms. The molecule has 0 fully saturated rings. The van der Waals surface area contributed by atoms with Crippen molar-refractivity contribution in [3.05, 3.63) is 209 Å². The van der Waals surface area contributed by atoms with Crippen LogP contribution in [-0.4, -0.2) is 13.5 Å². The zero-order valence-corrected chi connectivity index (χ0v) is 28.6. The van der Waals surface area contributed by atoms with Gasteiger partial charge in [0.2, 0.25) is 0 Å². The first kappa shape index (κ1) is 30.6. The lowest BCUT2D eigenvalue weighted by Crippen LogP contribution is -2.27. The molecule has 10 aromatic rings. The molecule has 5 nitrogen and oxygen atoms in total. The van der Waals surface area contributed by atoms with Crippen LogP contribution in [0.3, 0.4) is 0 Å². The van der Waals surface area contributed by atoms with Gasteiger partial charge in [-0.15, -0.1) is 0 Å². The first-order valence-corrected chi connectivity index (χ1v) is 17.7. The normalized spacial score (nSPS) is 11.5. The van der Waals surface area contributed by atoms with Crippen molar-refractivity contribution in [1.82, 2.24) is 13.5 Å². The van der Waals surface area contributed by atoms with E-state index in [1.54, 1.807) is 0 Å². The van der Waals surface area contributed by atoms with Gasteiger partial charge in [0.25, 0.3) is 11.1 Å². The molecule has 5 heteroatoms. The summed E-state index contributed by atoms with van der Waals surface area (Å²) in [5.74, 6) is 0. The topological polar surface area (TPSA) is 48.4 Å². The number of nitrogens with zero attached hydrogens (tertiary/aromatic N) is 3. The average Bonchev–Trinajstić information content (AvgIpc) is 3.60. The Morgan fingerprint density at radius 1 is 0.302 bits per heavy atom. The van der Waals surface area contributed by atoms with Crippen molar-refractivity contribution < 1.29 is 0 Å². The fourth-order valence-electron chi connectivity index (χ4n) is 7.94. The quantitative estimate of drug-likeness (QED) is 0.175. The third-order valence-electron chi connectivity index (χ3n) is 10.2. The molecule has 0 aliphatic heterocycles. The van der Waals surface area contributed by atoms with Crippen LogP contribution in [0.5, 0.6) is 0 Å². The van der Waals surface area contributed by atoms with Gasteiger partial charge in [-0.2, -0.15) is 0 Å². The third kappa shape index (κ3) is 4.79. The Morgan fingerprint density at radius 3 is 1.04 bits per heavy atom. The molecule has 10 rings (SSSR count). The second-order valence-corrected chi connectivity index (χ2v) is 13.3. The Bertz CT molecular complexity index is 2870. The lowest BCUT2D eigenvalue weighted by atomic mass is 9.96. The summed E-state index contributed by atoms with van der Waals surface area (Å²) in [6.07, 6.45) is 0. The maximum absolute atomic E-state index is 15.4. The number of rotatable bonds is 6. The predicted octanol–water partition coefficient (Wildman–Crippen LogP) is 10.7. The molecule has 250 valence electrons. The van der Waals surface area contributed by atoms with Gasteiger partial charge in [0.1, 0.15) is 11.0 Å². The number of aromatic nitrogens is 3. The minimum atomic E-state index is -0.200. The average molecular weight is 682 g/mol. The predicted molar refractivity (Wildman–Crippen MR) is 217 cm³/mol. The first-order valence-electron chi connectivity index (χ1n) is 17.7. The smallest absolute Gasteiger partial charge is 0.280 e. The lowest BCUT2D eigenvalue weighted by molar-refractivity contribution is 0.996. The van der Waals surface area contributed by atoms with Gasteiger partial charge in [-0.3, -0.25) is 23.1 Å². The van der Waals surface area contributed by atoms with Crippen molar-refractivity contribution in [3.8, 4) is 55.9 Å². The SMILES string of the molecule is O=c1c2c(-c3ccccc3)c(-c3ccccc3)c3c(=O)n(-c4cccc(-c5ccccc5)c4)c4cccc(c4n23)n1-c1cccc(-c2ccccc2)c1. The van der Waals surface area contributed by atoms with E-state index in [2.05, 4.69) is 48.5 Å². The van der Waals surface area contributed by atoms with Crippen molar-refractivity contribution in [3.63, 3.8) is 0 Å². The van der Waals surface area contributed by atoms with Gasteiger partial charge >= 0.3 is 0 Å². The van der Waals surface area contributed by atoms with Gasteiger partial charge in [0, 0.05) is 22.5 Å². The van der Waals surface area contributed by atoms with Crippen LogP contribution in [0, 0.1) is 0 Å². The highest BCUT2D eigenvalue weighted by atomic mass is 16.1. The highest BCUT2D eigenvalue weighted by molar-refractivity contribution is 6.09. The van der Waals surface area contributed by atoms with Crippen LogP contribution in [0.25, 0.3) is 83.5 Å². The maximum atomic E-state index is 15.4. The third-order valence-corrected chi connectivity index (χ3v) is 10.2. The van der Waals surface area contributed by atoms with Crippen LogP contribution in [0.1, 0.15) is 0 Å². The molecule has 3 heterocycles. The van der Waals surface area contributed by atoms with E-state index in [1.807, 2.05) is 153 Å². The minimum absolute atomic E-state index is 0.200. The maximum Gasteiger partial charge on any atom is 0.280 e. The summed E-state index contributed by atoms with van der Waals surface area (Å²) < 4.78 is 5.58. The number of para-hydroxylation sites is 1. The molecule has 53 heavy (non-hydrogen) atoms. The molecule has 0 saturated heterocycles. The molecule has 0 spiro atoms. The number of benzene rings is 7. The molecule has 0 atom stereocenters. The van der Waals surface area contributed by atoms with Crippen LogP contribution in [0.15, 0.2) is 198 Å². The molecular formula is C48H31N3O2. The summed E-state index contributed by atoms with van der Waals surface area (Å²) in [5, 5.41) is 0. The van der Waals surface area contributed by atoms with E-state index in [4.69, 9.17) is 0 Å². The van der Waals surface area contributed by atoms with E-state index >= 15 is 9.59 Å². The molecule has 0 radical (unpaired) electrons. The van der Waals surface area contributed by atoms with Crippen LogP contribution >= 0.6 is 0 Å². The van der Waals surface area contributed by atoms with Gasteiger partial charge in [0.15, 0.2) is 0 Å². The highest BCUT2D eigenvalue weighted by Crippen LogP contribution is 2.42. The van der Waals surface area contributed by atoms with E-state index in [0.29, 0.717) is 22.1 Å². The Labute approximate surface area is 304 Å². The van der Waals surface area contributed by atoms with Gasteiger partial charge in [-0.1, -0.05) is 152 Å². The van der Waals surface area contributed by atoms with E-state index in [-0.39, 0.29) is 11.1 Å². The highest BCUT2D eigenvalue weighted by Gasteiger charge is 2.29. The summed E-state index contributed by atoms with van der Waals surface area (Å²) in [6, 6.07) is 62.4. The molecule has 3 aromatic heterocycles. The van der Waals surface area contributed by atoms with E-state index in [1.165, 1.54) is 0 Å². The zero-order chi connectivity index (χ0) is 35.5. The molecule has 0 aliphatic rings.